The number of nitrogens with zero attached hydrogens (tertiary/aromatic N) is 3. The van der Waals surface area contributed by atoms with Gasteiger partial charge in [0.1, 0.15) is 0 Å². The molecule has 0 aliphatic heterocycles. The summed E-state index contributed by atoms with van der Waals surface area (Å²) < 4.78 is 23.7. The van der Waals surface area contributed by atoms with Crippen LogP contribution in [0.25, 0.3) is 11.4 Å². The molecule has 0 radical (unpaired) electrons. The fourth-order valence-corrected chi connectivity index (χ4v) is 2.78. The van der Waals surface area contributed by atoms with Crippen LogP contribution in [0.5, 0.6) is 0 Å². The van der Waals surface area contributed by atoms with Gasteiger partial charge in [-0.2, -0.15) is 0 Å². The van der Waals surface area contributed by atoms with Gasteiger partial charge in [-0.25, -0.2) is 8.42 Å². The first-order valence-electron chi connectivity index (χ1n) is 4.61. The van der Waals surface area contributed by atoms with Crippen molar-refractivity contribution >= 4 is 42.9 Å². The highest BCUT2D eigenvalue weighted by molar-refractivity contribution is 8.13. The summed E-state index contributed by atoms with van der Waals surface area (Å²) in [6.07, 6.45) is 0. The van der Waals surface area contributed by atoms with Gasteiger partial charge in [0, 0.05) is 23.3 Å². The van der Waals surface area contributed by atoms with E-state index in [0.717, 1.165) is 0 Å². The number of halogens is 3. The molecular formula is C9H6Cl3N3O2S. The SMILES string of the molecule is Cn1c(-c2cccc(Cl)c2Cl)nnc1S(=O)(=O)Cl. The van der Waals surface area contributed by atoms with Crippen LogP contribution in [0.1, 0.15) is 0 Å². The average Bonchev–Trinajstić information content (AvgIpc) is 2.64. The Hall–Kier alpha value is -0.820. The molecule has 5 nitrogen and oxygen atoms in total. The van der Waals surface area contributed by atoms with Crippen LogP contribution in [0.4, 0.5) is 0 Å². The molecule has 0 saturated carbocycles. The van der Waals surface area contributed by atoms with E-state index in [1.165, 1.54) is 11.6 Å². The van der Waals surface area contributed by atoms with Crippen molar-refractivity contribution in [2.24, 2.45) is 7.05 Å². The smallest absolute Gasteiger partial charge is 0.296 e. The van der Waals surface area contributed by atoms with E-state index < -0.39 is 9.05 Å². The largest absolute Gasteiger partial charge is 0.300 e. The normalized spacial score (nSPS) is 11.8. The lowest BCUT2D eigenvalue weighted by Gasteiger charge is -2.05. The highest BCUT2D eigenvalue weighted by atomic mass is 35.7. The molecule has 0 aliphatic rings. The zero-order valence-corrected chi connectivity index (χ0v) is 12.0. The van der Waals surface area contributed by atoms with E-state index in [1.54, 1.807) is 18.2 Å². The summed E-state index contributed by atoms with van der Waals surface area (Å²) in [6, 6.07) is 4.94. The van der Waals surface area contributed by atoms with Crippen molar-refractivity contribution in [2.45, 2.75) is 5.16 Å². The van der Waals surface area contributed by atoms with E-state index in [2.05, 4.69) is 10.2 Å². The molecule has 0 spiro atoms. The van der Waals surface area contributed by atoms with Gasteiger partial charge in [-0.3, -0.25) is 4.57 Å². The first-order chi connectivity index (χ1) is 8.32. The third-order valence-electron chi connectivity index (χ3n) is 2.25. The Bertz CT molecular complexity index is 712. The van der Waals surface area contributed by atoms with Gasteiger partial charge < -0.3 is 0 Å². The molecule has 96 valence electrons. The van der Waals surface area contributed by atoms with Crippen LogP contribution in [0, 0.1) is 0 Å². The third-order valence-corrected chi connectivity index (χ3v) is 4.27. The molecular weight excluding hydrogens is 321 g/mol. The molecule has 0 bridgehead atoms. The van der Waals surface area contributed by atoms with Crippen molar-refractivity contribution in [3.8, 4) is 11.4 Å². The van der Waals surface area contributed by atoms with Gasteiger partial charge in [-0.15, -0.1) is 10.2 Å². The molecule has 0 unspecified atom stereocenters. The highest BCUT2D eigenvalue weighted by Crippen LogP contribution is 2.32. The van der Waals surface area contributed by atoms with Crippen molar-refractivity contribution in [3.05, 3.63) is 28.2 Å². The average molecular weight is 327 g/mol. The van der Waals surface area contributed by atoms with Crippen molar-refractivity contribution in [1.29, 1.82) is 0 Å². The number of rotatable bonds is 2. The van der Waals surface area contributed by atoms with Crippen LogP contribution < -0.4 is 0 Å². The first-order valence-corrected chi connectivity index (χ1v) is 7.67. The lowest BCUT2D eigenvalue weighted by molar-refractivity contribution is 0.593. The maximum absolute atomic E-state index is 11.2. The second-order valence-corrected chi connectivity index (χ2v) is 6.65. The predicted octanol–water partition coefficient (Wildman–Crippen LogP) is 2.72. The lowest BCUT2D eigenvalue weighted by atomic mass is 10.2. The molecule has 0 atom stereocenters. The summed E-state index contributed by atoms with van der Waals surface area (Å²) in [6.45, 7) is 0. The van der Waals surface area contributed by atoms with Crippen LogP contribution in [-0.4, -0.2) is 23.2 Å². The minimum atomic E-state index is -3.96. The van der Waals surface area contributed by atoms with E-state index >= 15 is 0 Å². The molecule has 1 heterocycles. The zero-order chi connectivity index (χ0) is 13.5. The summed E-state index contributed by atoms with van der Waals surface area (Å²) in [5.41, 5.74) is 0.478. The van der Waals surface area contributed by atoms with Crippen molar-refractivity contribution in [2.75, 3.05) is 0 Å². The third kappa shape index (κ3) is 2.33. The number of benzene rings is 1. The molecule has 0 saturated heterocycles. The Morgan fingerprint density at radius 2 is 1.89 bits per heavy atom. The number of hydrogen-bond acceptors (Lipinski definition) is 4. The Morgan fingerprint density at radius 1 is 1.22 bits per heavy atom. The summed E-state index contributed by atoms with van der Waals surface area (Å²) in [7, 11) is 2.74. The van der Waals surface area contributed by atoms with Crippen LogP contribution in [-0.2, 0) is 16.1 Å². The Labute approximate surface area is 118 Å². The zero-order valence-electron chi connectivity index (χ0n) is 8.93. The second kappa shape index (κ2) is 4.70. The van der Waals surface area contributed by atoms with E-state index in [1.807, 2.05) is 0 Å². The van der Waals surface area contributed by atoms with E-state index in [9.17, 15) is 8.42 Å². The monoisotopic (exact) mass is 325 g/mol. The minimum absolute atomic E-state index is 0.265. The van der Waals surface area contributed by atoms with Crippen molar-refractivity contribution in [1.82, 2.24) is 14.8 Å². The summed E-state index contributed by atoms with van der Waals surface area (Å²) >= 11 is 11.9. The number of hydrogen-bond donors (Lipinski definition) is 0. The van der Waals surface area contributed by atoms with Crippen LogP contribution in [0.3, 0.4) is 0 Å². The summed E-state index contributed by atoms with van der Waals surface area (Å²) in [5, 5.41) is 7.55. The van der Waals surface area contributed by atoms with Crippen LogP contribution in [0.15, 0.2) is 23.4 Å². The molecule has 18 heavy (non-hydrogen) atoms. The quantitative estimate of drug-likeness (QED) is 0.796. The molecule has 9 heteroatoms. The molecule has 0 aliphatic carbocycles. The van der Waals surface area contributed by atoms with Gasteiger partial charge in [-0.1, -0.05) is 29.3 Å². The fraction of sp³-hybridized carbons (Fsp3) is 0.111. The summed E-state index contributed by atoms with van der Waals surface area (Å²) in [4.78, 5) is 0. The molecule has 1 aromatic carbocycles. The van der Waals surface area contributed by atoms with E-state index in [4.69, 9.17) is 33.9 Å². The topological polar surface area (TPSA) is 64.8 Å². The Kier molecular flexibility index (Phi) is 3.55. The van der Waals surface area contributed by atoms with E-state index in [-0.39, 0.29) is 16.0 Å². The fourth-order valence-electron chi connectivity index (χ4n) is 1.44. The van der Waals surface area contributed by atoms with Crippen molar-refractivity contribution < 1.29 is 8.42 Å². The molecule has 0 fully saturated rings. The Morgan fingerprint density at radius 3 is 2.44 bits per heavy atom. The summed E-state index contributed by atoms with van der Waals surface area (Å²) in [5.74, 6) is 0.265. The van der Waals surface area contributed by atoms with Gasteiger partial charge in [0.05, 0.1) is 10.0 Å². The van der Waals surface area contributed by atoms with Crippen molar-refractivity contribution in [3.63, 3.8) is 0 Å². The number of aromatic nitrogens is 3. The molecule has 2 aromatic rings. The van der Waals surface area contributed by atoms with Gasteiger partial charge in [0.25, 0.3) is 14.2 Å². The molecule has 0 N–H and O–H groups in total. The maximum atomic E-state index is 11.2. The predicted molar refractivity (Wildman–Crippen MR) is 69.5 cm³/mol. The second-order valence-electron chi connectivity index (χ2n) is 3.40. The van der Waals surface area contributed by atoms with Gasteiger partial charge >= 0.3 is 0 Å². The Balaban J connectivity index is 2.67. The van der Waals surface area contributed by atoms with E-state index in [0.29, 0.717) is 10.6 Å². The van der Waals surface area contributed by atoms with Gasteiger partial charge in [0.15, 0.2) is 5.82 Å². The van der Waals surface area contributed by atoms with Crippen LogP contribution >= 0.6 is 33.9 Å². The molecule has 2 rings (SSSR count). The first kappa shape index (κ1) is 13.6. The highest BCUT2D eigenvalue weighted by Gasteiger charge is 2.22. The molecule has 0 amide bonds. The van der Waals surface area contributed by atoms with Gasteiger partial charge in [0.2, 0.25) is 0 Å². The molecule has 1 aromatic heterocycles. The van der Waals surface area contributed by atoms with Crippen LogP contribution in [0.2, 0.25) is 10.0 Å². The standard InChI is InChI=1S/C9H6Cl3N3O2S/c1-15-8(13-14-9(15)18(12,16)17)5-3-2-4-6(10)7(5)11/h2-4H,1H3. The maximum Gasteiger partial charge on any atom is 0.296 e. The van der Waals surface area contributed by atoms with Gasteiger partial charge in [-0.05, 0) is 12.1 Å². The minimum Gasteiger partial charge on any atom is -0.300 e. The lowest BCUT2D eigenvalue weighted by Crippen LogP contribution is -2.03.